The Kier molecular flexibility index (Phi) is 3.29. The highest BCUT2D eigenvalue weighted by atomic mass is 32.1. The van der Waals surface area contributed by atoms with Crippen molar-refractivity contribution in [2.24, 2.45) is 5.73 Å². The highest BCUT2D eigenvalue weighted by Gasteiger charge is 1.99. The molecule has 0 fully saturated rings. The first-order valence-corrected chi connectivity index (χ1v) is 4.94. The van der Waals surface area contributed by atoms with Gasteiger partial charge in [0.1, 0.15) is 0 Å². The normalized spacial score (nSPS) is 10.1. The van der Waals surface area contributed by atoms with E-state index in [1.54, 1.807) is 11.3 Å². The summed E-state index contributed by atoms with van der Waals surface area (Å²) >= 11 is 1.76. The molecule has 1 heterocycles. The quantitative estimate of drug-likeness (QED) is 0.544. The molecule has 0 saturated heterocycles. The third kappa shape index (κ3) is 2.66. The molecule has 0 aliphatic heterocycles. The summed E-state index contributed by atoms with van der Waals surface area (Å²) in [7, 11) is 0. The molecule has 0 amide bonds. The number of nitrogens with one attached hydrogen (secondary N) is 1. The fraction of sp³-hybridized carbons (Fsp3) is 0.444. The van der Waals surface area contributed by atoms with Crippen LogP contribution >= 0.6 is 11.3 Å². The van der Waals surface area contributed by atoms with E-state index in [0.717, 1.165) is 6.42 Å². The largest absolute Gasteiger partial charge is 0.387 e. The van der Waals surface area contributed by atoms with E-state index in [1.165, 1.54) is 16.2 Å². The molecule has 3 N–H and O–H groups in total. The molecule has 1 aromatic heterocycles. The van der Waals surface area contributed by atoms with Crippen LogP contribution in [0.1, 0.15) is 23.1 Å². The van der Waals surface area contributed by atoms with Crippen LogP contribution in [-0.2, 0) is 12.8 Å². The van der Waals surface area contributed by atoms with Crippen LogP contribution in [0.25, 0.3) is 0 Å². The molecule has 0 aliphatic rings. The monoisotopic (exact) mass is 182 g/mol. The Hall–Kier alpha value is -0.830. The standard InChI is InChI=1S/C9H14N2S/c1-2-3-7-4-5-8(12-7)6-9(10)11/h4-5H,2-3,6H2,1H3,(H3,10,11). The van der Waals surface area contributed by atoms with Crippen molar-refractivity contribution in [2.75, 3.05) is 0 Å². The summed E-state index contributed by atoms with van der Waals surface area (Å²) in [5.41, 5.74) is 5.30. The second-order valence-electron chi connectivity index (χ2n) is 2.82. The van der Waals surface area contributed by atoms with Crippen molar-refractivity contribution in [3.05, 3.63) is 21.9 Å². The van der Waals surface area contributed by atoms with Crippen molar-refractivity contribution >= 4 is 17.2 Å². The zero-order valence-electron chi connectivity index (χ0n) is 7.26. The van der Waals surface area contributed by atoms with E-state index >= 15 is 0 Å². The maximum Gasteiger partial charge on any atom is 0.0958 e. The zero-order chi connectivity index (χ0) is 8.97. The molecule has 3 heteroatoms. The molecular weight excluding hydrogens is 168 g/mol. The molecular formula is C9H14N2S. The van der Waals surface area contributed by atoms with E-state index in [4.69, 9.17) is 11.1 Å². The van der Waals surface area contributed by atoms with Gasteiger partial charge in [-0.25, -0.2) is 0 Å². The summed E-state index contributed by atoms with van der Waals surface area (Å²) in [6.45, 7) is 2.17. The van der Waals surface area contributed by atoms with E-state index in [0.29, 0.717) is 6.42 Å². The number of thiophene rings is 1. The van der Waals surface area contributed by atoms with Crippen molar-refractivity contribution < 1.29 is 0 Å². The lowest BCUT2D eigenvalue weighted by molar-refractivity contribution is 0.940. The van der Waals surface area contributed by atoms with Gasteiger partial charge in [0.25, 0.3) is 0 Å². The minimum Gasteiger partial charge on any atom is -0.387 e. The first-order chi connectivity index (χ1) is 5.72. The van der Waals surface area contributed by atoms with Crippen LogP contribution in [0.2, 0.25) is 0 Å². The molecule has 0 radical (unpaired) electrons. The van der Waals surface area contributed by atoms with Gasteiger partial charge in [-0.15, -0.1) is 11.3 Å². The summed E-state index contributed by atoms with van der Waals surface area (Å²) in [4.78, 5) is 2.60. The number of nitrogens with two attached hydrogens (primary N) is 1. The molecule has 0 aromatic carbocycles. The molecule has 0 saturated carbocycles. The summed E-state index contributed by atoms with van der Waals surface area (Å²) in [6, 6.07) is 4.20. The zero-order valence-corrected chi connectivity index (χ0v) is 8.08. The Morgan fingerprint density at radius 1 is 1.50 bits per heavy atom. The van der Waals surface area contributed by atoms with E-state index in [2.05, 4.69) is 19.1 Å². The first kappa shape index (κ1) is 9.26. The van der Waals surface area contributed by atoms with Gasteiger partial charge in [-0.2, -0.15) is 0 Å². The molecule has 0 atom stereocenters. The van der Waals surface area contributed by atoms with Gasteiger partial charge in [-0.05, 0) is 18.6 Å². The van der Waals surface area contributed by atoms with Crippen LogP contribution in [0.3, 0.4) is 0 Å². The first-order valence-electron chi connectivity index (χ1n) is 4.13. The summed E-state index contributed by atoms with van der Waals surface area (Å²) in [5, 5.41) is 7.13. The van der Waals surface area contributed by atoms with Crippen molar-refractivity contribution in [3.8, 4) is 0 Å². The second kappa shape index (κ2) is 4.26. The van der Waals surface area contributed by atoms with Gasteiger partial charge in [-0.3, -0.25) is 5.41 Å². The lowest BCUT2D eigenvalue weighted by atomic mass is 10.3. The van der Waals surface area contributed by atoms with Crippen molar-refractivity contribution in [2.45, 2.75) is 26.2 Å². The van der Waals surface area contributed by atoms with Gasteiger partial charge < -0.3 is 5.73 Å². The Bertz CT molecular complexity index is 265. The number of hydrogen-bond donors (Lipinski definition) is 2. The maximum absolute atomic E-state index is 7.13. The summed E-state index contributed by atoms with van der Waals surface area (Å²) < 4.78 is 0. The van der Waals surface area contributed by atoms with Gasteiger partial charge in [0.05, 0.1) is 5.84 Å². The predicted molar refractivity (Wildman–Crippen MR) is 53.9 cm³/mol. The Morgan fingerprint density at radius 2 is 2.17 bits per heavy atom. The Morgan fingerprint density at radius 3 is 2.75 bits per heavy atom. The second-order valence-corrected chi connectivity index (χ2v) is 4.07. The van der Waals surface area contributed by atoms with Gasteiger partial charge >= 0.3 is 0 Å². The molecule has 0 bridgehead atoms. The van der Waals surface area contributed by atoms with Crippen LogP contribution in [0.4, 0.5) is 0 Å². The molecule has 1 aromatic rings. The van der Waals surface area contributed by atoms with E-state index in [1.807, 2.05) is 0 Å². The van der Waals surface area contributed by atoms with Gasteiger partial charge in [0, 0.05) is 16.2 Å². The number of rotatable bonds is 4. The number of amidine groups is 1. The minimum atomic E-state index is 0.250. The van der Waals surface area contributed by atoms with E-state index < -0.39 is 0 Å². The fourth-order valence-electron chi connectivity index (χ4n) is 1.09. The van der Waals surface area contributed by atoms with Crippen molar-refractivity contribution in [1.82, 2.24) is 0 Å². The average Bonchev–Trinajstić information content (AvgIpc) is 2.36. The minimum absolute atomic E-state index is 0.250. The molecule has 2 nitrogen and oxygen atoms in total. The van der Waals surface area contributed by atoms with Crippen LogP contribution in [0.5, 0.6) is 0 Å². The third-order valence-electron chi connectivity index (χ3n) is 1.58. The van der Waals surface area contributed by atoms with Crippen LogP contribution in [0.15, 0.2) is 12.1 Å². The van der Waals surface area contributed by atoms with Gasteiger partial charge in [0.15, 0.2) is 0 Å². The van der Waals surface area contributed by atoms with Gasteiger partial charge in [-0.1, -0.05) is 13.3 Å². The fourth-order valence-corrected chi connectivity index (χ4v) is 2.23. The highest BCUT2D eigenvalue weighted by molar-refractivity contribution is 7.12. The molecule has 66 valence electrons. The smallest absolute Gasteiger partial charge is 0.0958 e. The number of aryl methyl sites for hydroxylation is 1. The summed E-state index contributed by atoms with van der Waals surface area (Å²) in [6.07, 6.45) is 2.93. The molecule has 12 heavy (non-hydrogen) atoms. The summed E-state index contributed by atoms with van der Waals surface area (Å²) in [5.74, 6) is 0.250. The topological polar surface area (TPSA) is 49.9 Å². The van der Waals surface area contributed by atoms with Crippen LogP contribution < -0.4 is 5.73 Å². The van der Waals surface area contributed by atoms with Gasteiger partial charge in [0.2, 0.25) is 0 Å². The van der Waals surface area contributed by atoms with E-state index in [9.17, 15) is 0 Å². The lowest BCUT2D eigenvalue weighted by Gasteiger charge is -1.92. The SMILES string of the molecule is CCCc1ccc(CC(=N)N)s1. The van der Waals surface area contributed by atoms with Crippen LogP contribution in [-0.4, -0.2) is 5.84 Å². The van der Waals surface area contributed by atoms with Crippen LogP contribution in [0, 0.1) is 5.41 Å². The third-order valence-corrected chi connectivity index (χ3v) is 2.72. The molecule has 0 unspecified atom stereocenters. The lowest BCUT2D eigenvalue weighted by Crippen LogP contribution is -2.11. The Balaban J connectivity index is 2.58. The predicted octanol–water partition coefficient (Wildman–Crippen LogP) is 2.18. The average molecular weight is 182 g/mol. The van der Waals surface area contributed by atoms with Crippen molar-refractivity contribution in [1.29, 1.82) is 5.41 Å². The Labute approximate surface area is 76.9 Å². The number of hydrogen-bond acceptors (Lipinski definition) is 2. The highest BCUT2D eigenvalue weighted by Crippen LogP contribution is 2.18. The molecule has 0 aliphatic carbocycles. The molecule has 0 spiro atoms. The van der Waals surface area contributed by atoms with Crippen molar-refractivity contribution in [3.63, 3.8) is 0 Å². The van der Waals surface area contributed by atoms with E-state index in [-0.39, 0.29) is 5.84 Å². The maximum atomic E-state index is 7.13. The molecule has 1 rings (SSSR count).